The molecular weight excluding hydrogens is 296 g/mol. The molecule has 0 fully saturated rings. The van der Waals surface area contributed by atoms with E-state index < -0.39 is 20.4 Å². The third-order valence-corrected chi connectivity index (χ3v) is 3.23. The molecule has 0 bridgehead atoms. The molecule has 1 aliphatic rings. The molecule has 1 aromatic rings. The number of hydrogen-bond donors (Lipinski definition) is 1. The van der Waals surface area contributed by atoms with Gasteiger partial charge in [-0.05, 0) is 13.8 Å². The minimum Gasteiger partial charge on any atom is -0.628 e. The van der Waals surface area contributed by atoms with E-state index in [1.165, 1.54) is 19.9 Å². The molecule has 116 valence electrons. The third kappa shape index (κ3) is 2.64. The largest absolute Gasteiger partial charge is 0.628 e. The molecule has 0 radical (unpaired) electrons. The van der Waals surface area contributed by atoms with Gasteiger partial charge in [0.15, 0.2) is 6.20 Å². The van der Waals surface area contributed by atoms with Crippen molar-refractivity contribution in [3.63, 3.8) is 0 Å². The molecule has 1 aromatic heterocycles. The molecule has 0 aromatic carbocycles. The summed E-state index contributed by atoms with van der Waals surface area (Å²) in [4.78, 5) is 20.4. The zero-order valence-corrected chi connectivity index (χ0v) is 11.7. The first-order valence-corrected chi connectivity index (χ1v) is 6.15. The smallest absolute Gasteiger partial charge is 0.285 e. The molecule has 2 heterocycles. The van der Waals surface area contributed by atoms with Crippen molar-refractivity contribution >= 4 is 11.4 Å². The van der Waals surface area contributed by atoms with Gasteiger partial charge in [0.25, 0.3) is 17.1 Å². The van der Waals surface area contributed by atoms with Crippen molar-refractivity contribution in [2.75, 3.05) is 0 Å². The normalized spacial score (nSPS) is 20.0. The zero-order valence-electron chi connectivity index (χ0n) is 11.7. The second kappa shape index (κ2) is 5.16. The molecule has 0 saturated heterocycles. The summed E-state index contributed by atoms with van der Waals surface area (Å²) in [6.07, 6.45) is 3.03. The molecule has 0 aliphatic carbocycles. The Morgan fingerprint density at radius 2 is 1.86 bits per heavy atom. The van der Waals surface area contributed by atoms with Crippen molar-refractivity contribution in [1.82, 2.24) is 0 Å². The van der Waals surface area contributed by atoms with Crippen LogP contribution in [0.4, 0.5) is 5.69 Å². The maximum atomic E-state index is 12.4. The Balaban J connectivity index is 2.64. The lowest BCUT2D eigenvalue weighted by Gasteiger charge is -2.37. The van der Waals surface area contributed by atoms with Gasteiger partial charge in [-0.25, -0.2) is 0 Å². The van der Waals surface area contributed by atoms with E-state index in [9.17, 15) is 30.6 Å². The van der Waals surface area contributed by atoms with Crippen LogP contribution in [0, 0.1) is 30.6 Å². The monoisotopic (exact) mass is 308 g/mol. The number of rotatable bonds is 3. The number of nitrogens with zero attached hydrogens (tertiary/aromatic N) is 3. The fourth-order valence-corrected chi connectivity index (χ4v) is 2.12. The summed E-state index contributed by atoms with van der Waals surface area (Å²) < 4.78 is 0.274. The van der Waals surface area contributed by atoms with Crippen LogP contribution in [0.25, 0.3) is 5.70 Å². The SMILES string of the molecule is CC1(C)C=C([N+](=O)[O-])C=C(c2cc([N+](=O)[O-])cc[n+]2[O-])[NH+]1[O-]. The fourth-order valence-electron chi connectivity index (χ4n) is 2.12. The zero-order chi connectivity index (χ0) is 16.7. The number of hydrogen-bond acceptors (Lipinski definition) is 6. The molecule has 1 atom stereocenters. The maximum Gasteiger partial charge on any atom is 0.285 e. The van der Waals surface area contributed by atoms with Crippen LogP contribution in [0.15, 0.2) is 36.2 Å². The van der Waals surface area contributed by atoms with E-state index >= 15 is 0 Å². The summed E-state index contributed by atoms with van der Waals surface area (Å²) in [6, 6.07) is 1.91. The van der Waals surface area contributed by atoms with E-state index in [1.807, 2.05) is 0 Å². The summed E-state index contributed by atoms with van der Waals surface area (Å²) in [5.74, 6) is 0. The van der Waals surface area contributed by atoms with E-state index in [2.05, 4.69) is 0 Å². The first kappa shape index (κ1) is 15.5. The van der Waals surface area contributed by atoms with Gasteiger partial charge in [-0.1, -0.05) is 0 Å². The van der Waals surface area contributed by atoms with Crippen LogP contribution >= 0.6 is 0 Å². The van der Waals surface area contributed by atoms with Crippen LogP contribution in [-0.2, 0) is 0 Å². The van der Waals surface area contributed by atoms with Gasteiger partial charge in [-0.3, -0.25) is 20.2 Å². The molecule has 22 heavy (non-hydrogen) atoms. The summed E-state index contributed by atoms with van der Waals surface area (Å²) >= 11 is 0. The fraction of sp³-hybridized carbons (Fsp3) is 0.250. The van der Waals surface area contributed by atoms with Gasteiger partial charge in [0, 0.05) is 0 Å². The maximum absolute atomic E-state index is 12.4. The van der Waals surface area contributed by atoms with Crippen molar-refractivity contribution in [2.24, 2.45) is 0 Å². The average molecular weight is 308 g/mol. The van der Waals surface area contributed by atoms with E-state index in [0.29, 0.717) is 0 Å². The third-order valence-electron chi connectivity index (χ3n) is 3.23. The van der Waals surface area contributed by atoms with Crippen molar-refractivity contribution in [3.05, 3.63) is 72.5 Å². The molecule has 0 spiro atoms. The first-order chi connectivity index (χ1) is 10.1. The van der Waals surface area contributed by atoms with Crippen LogP contribution in [0.1, 0.15) is 19.5 Å². The Kier molecular flexibility index (Phi) is 3.65. The Morgan fingerprint density at radius 3 is 2.41 bits per heavy atom. The van der Waals surface area contributed by atoms with E-state index in [1.54, 1.807) is 0 Å². The highest BCUT2D eigenvalue weighted by atomic mass is 16.6. The van der Waals surface area contributed by atoms with Crippen molar-refractivity contribution in [1.29, 1.82) is 0 Å². The summed E-state index contributed by atoms with van der Waals surface area (Å²) in [6.45, 7) is 2.94. The minimum atomic E-state index is -1.19. The number of allylic oxidation sites excluding steroid dienone is 1. The van der Waals surface area contributed by atoms with Crippen LogP contribution in [-0.4, -0.2) is 15.4 Å². The predicted octanol–water partition coefficient (Wildman–Crippen LogP) is -0.0954. The number of nitrogens with one attached hydrogen (secondary N) is 1. The second-order valence-electron chi connectivity index (χ2n) is 5.29. The van der Waals surface area contributed by atoms with E-state index in [4.69, 9.17) is 0 Å². The number of nitro groups is 2. The number of aromatic nitrogens is 1. The molecule has 10 nitrogen and oxygen atoms in total. The lowest BCUT2D eigenvalue weighted by atomic mass is 9.97. The van der Waals surface area contributed by atoms with Gasteiger partial charge < -0.3 is 15.5 Å². The highest BCUT2D eigenvalue weighted by Crippen LogP contribution is 2.21. The van der Waals surface area contributed by atoms with Crippen LogP contribution in [0.2, 0.25) is 0 Å². The van der Waals surface area contributed by atoms with Gasteiger partial charge in [0.05, 0.1) is 34.1 Å². The number of pyridine rings is 1. The topological polar surface area (TPSA) is 141 Å². The Morgan fingerprint density at radius 1 is 1.23 bits per heavy atom. The second-order valence-corrected chi connectivity index (χ2v) is 5.29. The van der Waals surface area contributed by atoms with Crippen LogP contribution < -0.4 is 9.79 Å². The molecule has 2 rings (SSSR count). The van der Waals surface area contributed by atoms with Gasteiger partial charge in [0.1, 0.15) is 5.54 Å². The summed E-state index contributed by atoms with van der Waals surface area (Å²) in [5.41, 5.74) is -2.43. The Hall–Kier alpha value is -2.85. The minimum absolute atomic E-state index is 0.224. The van der Waals surface area contributed by atoms with Crippen molar-refractivity contribution in [3.8, 4) is 0 Å². The van der Waals surface area contributed by atoms with Gasteiger partial charge in [0.2, 0.25) is 5.70 Å². The quantitative estimate of drug-likeness (QED) is 0.358. The van der Waals surface area contributed by atoms with Gasteiger partial charge in [-0.2, -0.15) is 4.73 Å². The average Bonchev–Trinajstić information content (AvgIpc) is 2.42. The van der Waals surface area contributed by atoms with E-state index in [0.717, 1.165) is 24.4 Å². The summed E-state index contributed by atoms with van der Waals surface area (Å²) in [7, 11) is 0. The van der Waals surface area contributed by atoms with Crippen LogP contribution in [0.3, 0.4) is 0 Å². The molecule has 1 unspecified atom stereocenters. The molecule has 1 N–H and O–H groups in total. The Labute approximate surface area is 124 Å². The van der Waals surface area contributed by atoms with Crippen molar-refractivity contribution in [2.45, 2.75) is 19.4 Å². The lowest BCUT2D eigenvalue weighted by molar-refractivity contribution is -0.824. The molecule has 1 aliphatic heterocycles. The molecular formula is C12H12N4O6. The Bertz CT molecular complexity index is 724. The number of quaternary nitrogens is 1. The summed E-state index contributed by atoms with van der Waals surface area (Å²) in [5, 5.41) is 45.5. The van der Waals surface area contributed by atoms with Gasteiger partial charge in [-0.15, -0.1) is 0 Å². The van der Waals surface area contributed by atoms with Crippen molar-refractivity contribution < 1.29 is 19.6 Å². The predicted molar refractivity (Wildman–Crippen MR) is 73.5 cm³/mol. The number of hydroxylamine groups is 2. The highest BCUT2D eigenvalue weighted by molar-refractivity contribution is 5.59. The molecule has 10 heteroatoms. The van der Waals surface area contributed by atoms with Crippen LogP contribution in [0.5, 0.6) is 0 Å². The first-order valence-electron chi connectivity index (χ1n) is 6.15. The molecule has 0 amide bonds. The van der Waals surface area contributed by atoms with E-state index in [-0.39, 0.29) is 27.5 Å². The standard InChI is InChI=1S/C12H12N4O6/c1-12(2)7-9(16(21)22)6-11(14(12)18)10-5-8(15(19)20)3-4-13(10)17/h3-7,14H,1-2H3. The highest BCUT2D eigenvalue weighted by Gasteiger charge is 2.38. The lowest BCUT2D eigenvalue weighted by Crippen LogP contribution is -3.13. The van der Waals surface area contributed by atoms with Gasteiger partial charge >= 0.3 is 0 Å². The molecule has 0 saturated carbocycles.